The lowest BCUT2D eigenvalue weighted by molar-refractivity contribution is 0.0589. The summed E-state index contributed by atoms with van der Waals surface area (Å²) in [6.07, 6.45) is -0.267. The molecule has 0 unspecified atom stereocenters. The van der Waals surface area contributed by atoms with Crippen LogP contribution in [0.2, 0.25) is 0 Å². The van der Waals surface area contributed by atoms with Crippen molar-refractivity contribution in [2.45, 2.75) is 46.3 Å². The third-order valence-corrected chi connectivity index (χ3v) is 4.25. The molecule has 0 saturated carbocycles. The summed E-state index contributed by atoms with van der Waals surface area (Å²) >= 11 is 0. The molecule has 29 heavy (non-hydrogen) atoms. The minimum atomic E-state index is -0.529. The van der Waals surface area contributed by atoms with Crippen LogP contribution < -0.4 is 9.64 Å². The highest BCUT2D eigenvalue weighted by molar-refractivity contribution is 5.88. The highest BCUT2D eigenvalue weighted by Gasteiger charge is 2.20. The summed E-state index contributed by atoms with van der Waals surface area (Å²) in [5, 5.41) is 1.06. The molecule has 1 amide bonds. The van der Waals surface area contributed by atoms with Crippen molar-refractivity contribution in [2.24, 2.45) is 0 Å². The number of benzene rings is 2. The highest BCUT2D eigenvalue weighted by Crippen LogP contribution is 2.26. The number of carbonyl (C=O) groups excluding carboxylic acids is 1. The van der Waals surface area contributed by atoms with Crippen LogP contribution in [0.3, 0.4) is 0 Å². The van der Waals surface area contributed by atoms with Crippen molar-refractivity contribution >= 4 is 22.7 Å². The predicted octanol–water partition coefficient (Wildman–Crippen LogP) is 6.06. The van der Waals surface area contributed by atoms with Crippen LogP contribution in [-0.4, -0.2) is 29.8 Å². The maximum atomic E-state index is 12.2. The number of fused-ring (bicyclic) bond motifs is 1. The van der Waals surface area contributed by atoms with E-state index in [-0.39, 0.29) is 12.2 Å². The third-order valence-electron chi connectivity index (χ3n) is 4.25. The Hall–Kier alpha value is -3.08. The normalized spacial score (nSPS) is 11.6. The molecule has 1 heterocycles. The topological polar surface area (TPSA) is 51.7 Å². The molecule has 0 radical (unpaired) electrons. The van der Waals surface area contributed by atoms with Gasteiger partial charge >= 0.3 is 6.09 Å². The number of nitrogens with zero attached hydrogens (tertiary/aromatic N) is 2. The molecule has 5 heteroatoms. The first-order valence-corrected chi connectivity index (χ1v) is 9.77. The summed E-state index contributed by atoms with van der Waals surface area (Å²) in [5.74, 6) is 0.812. The molecule has 0 saturated heterocycles. The second kappa shape index (κ2) is 8.11. The highest BCUT2D eigenvalue weighted by atomic mass is 16.6. The van der Waals surface area contributed by atoms with E-state index in [1.807, 2.05) is 83.1 Å². The van der Waals surface area contributed by atoms with Gasteiger partial charge in [0, 0.05) is 29.8 Å². The van der Waals surface area contributed by atoms with Gasteiger partial charge in [0.05, 0.1) is 17.3 Å². The van der Waals surface area contributed by atoms with E-state index in [0.717, 1.165) is 33.6 Å². The Morgan fingerprint density at radius 1 is 1.00 bits per heavy atom. The van der Waals surface area contributed by atoms with E-state index in [2.05, 4.69) is 6.07 Å². The molecule has 0 aliphatic carbocycles. The van der Waals surface area contributed by atoms with Crippen LogP contribution in [0.25, 0.3) is 22.2 Å². The van der Waals surface area contributed by atoms with E-state index >= 15 is 0 Å². The zero-order valence-electron chi connectivity index (χ0n) is 17.9. The molecule has 152 valence electrons. The smallest absolute Gasteiger partial charge is 0.414 e. The minimum Gasteiger partial charge on any atom is -0.491 e. The fourth-order valence-corrected chi connectivity index (χ4v) is 2.89. The number of ether oxygens (including phenoxy) is 2. The zero-order chi connectivity index (χ0) is 21.2. The summed E-state index contributed by atoms with van der Waals surface area (Å²) in [7, 11) is 1.70. The van der Waals surface area contributed by atoms with Gasteiger partial charge in [0.1, 0.15) is 11.4 Å². The molecule has 3 aromatic rings. The van der Waals surface area contributed by atoms with Gasteiger partial charge < -0.3 is 9.47 Å². The Morgan fingerprint density at radius 2 is 1.66 bits per heavy atom. The summed E-state index contributed by atoms with van der Waals surface area (Å²) in [5.41, 5.74) is 2.96. The average molecular weight is 392 g/mol. The lowest BCUT2D eigenvalue weighted by Gasteiger charge is -2.24. The third kappa shape index (κ3) is 5.25. The summed E-state index contributed by atoms with van der Waals surface area (Å²) in [4.78, 5) is 18.5. The van der Waals surface area contributed by atoms with Crippen molar-refractivity contribution in [3.05, 3.63) is 54.6 Å². The molecule has 0 fully saturated rings. The Morgan fingerprint density at radius 3 is 2.28 bits per heavy atom. The lowest BCUT2D eigenvalue weighted by atomic mass is 10.1. The number of rotatable bonds is 4. The first-order chi connectivity index (χ1) is 13.6. The number of pyridine rings is 1. The lowest BCUT2D eigenvalue weighted by Crippen LogP contribution is -2.34. The number of carbonyl (C=O) groups is 1. The van der Waals surface area contributed by atoms with Crippen molar-refractivity contribution in [3.63, 3.8) is 0 Å². The Balaban J connectivity index is 1.83. The second-order valence-electron chi connectivity index (χ2n) is 8.30. The molecule has 0 aliphatic rings. The van der Waals surface area contributed by atoms with Gasteiger partial charge in [-0.2, -0.15) is 0 Å². The fraction of sp³-hybridized carbons (Fsp3) is 0.333. The minimum absolute atomic E-state index is 0.116. The molecular formula is C24H28N2O3. The average Bonchev–Trinajstić information content (AvgIpc) is 2.65. The number of hydrogen-bond acceptors (Lipinski definition) is 4. The van der Waals surface area contributed by atoms with Crippen LogP contribution in [0.4, 0.5) is 10.5 Å². The molecule has 0 atom stereocenters. The number of hydrogen-bond donors (Lipinski definition) is 0. The van der Waals surface area contributed by atoms with Gasteiger partial charge in [0.25, 0.3) is 0 Å². The van der Waals surface area contributed by atoms with E-state index in [1.165, 1.54) is 4.90 Å². The molecular weight excluding hydrogens is 364 g/mol. The number of amides is 1. The quantitative estimate of drug-likeness (QED) is 0.541. The Labute approximate surface area is 172 Å². The molecule has 0 aliphatic heterocycles. The first kappa shape index (κ1) is 20.6. The standard InChI is InChI=1S/C24H28N2O3/c1-16(2)28-20-13-9-18-10-14-21(25-22(18)15-20)17-7-11-19(12-8-17)26(6)23(27)29-24(3,4)5/h7-16H,1-6H3. The van der Waals surface area contributed by atoms with Gasteiger partial charge in [-0.1, -0.05) is 18.2 Å². The van der Waals surface area contributed by atoms with E-state index < -0.39 is 5.60 Å². The van der Waals surface area contributed by atoms with Crippen molar-refractivity contribution in [3.8, 4) is 17.0 Å². The first-order valence-electron chi connectivity index (χ1n) is 9.77. The van der Waals surface area contributed by atoms with Crippen molar-refractivity contribution in [2.75, 3.05) is 11.9 Å². The molecule has 2 aromatic carbocycles. The van der Waals surface area contributed by atoms with Gasteiger partial charge in [0.15, 0.2) is 0 Å². The van der Waals surface area contributed by atoms with E-state index in [9.17, 15) is 4.79 Å². The molecule has 3 rings (SSSR count). The van der Waals surface area contributed by atoms with Crippen LogP contribution in [0, 0.1) is 0 Å². The predicted molar refractivity (Wildman–Crippen MR) is 118 cm³/mol. The number of anilines is 1. The maximum Gasteiger partial charge on any atom is 0.414 e. The molecule has 0 N–H and O–H groups in total. The summed E-state index contributed by atoms with van der Waals surface area (Å²) < 4.78 is 11.2. The maximum absolute atomic E-state index is 12.2. The van der Waals surface area contributed by atoms with Crippen molar-refractivity contribution in [1.82, 2.24) is 4.98 Å². The van der Waals surface area contributed by atoms with Crippen LogP contribution >= 0.6 is 0 Å². The molecule has 1 aromatic heterocycles. The van der Waals surface area contributed by atoms with E-state index in [4.69, 9.17) is 14.5 Å². The summed E-state index contributed by atoms with van der Waals surface area (Å²) in [6, 6.07) is 17.7. The van der Waals surface area contributed by atoms with Crippen molar-refractivity contribution < 1.29 is 14.3 Å². The van der Waals surface area contributed by atoms with E-state index in [1.54, 1.807) is 7.05 Å². The van der Waals surface area contributed by atoms with Gasteiger partial charge in [-0.15, -0.1) is 0 Å². The van der Waals surface area contributed by atoms with Gasteiger partial charge in [-0.05, 0) is 65.0 Å². The van der Waals surface area contributed by atoms with Crippen molar-refractivity contribution in [1.29, 1.82) is 0 Å². The molecule has 0 spiro atoms. The second-order valence-corrected chi connectivity index (χ2v) is 8.30. The SMILES string of the molecule is CC(C)Oc1ccc2ccc(-c3ccc(N(C)C(=O)OC(C)(C)C)cc3)nc2c1. The Kier molecular flexibility index (Phi) is 5.78. The Bertz CT molecular complexity index is 1000. The molecule has 0 bridgehead atoms. The van der Waals surface area contributed by atoms with Crippen LogP contribution in [-0.2, 0) is 4.74 Å². The van der Waals surface area contributed by atoms with Gasteiger partial charge in [-0.3, -0.25) is 4.90 Å². The zero-order valence-corrected chi connectivity index (χ0v) is 17.9. The van der Waals surface area contributed by atoms with Crippen LogP contribution in [0.5, 0.6) is 5.75 Å². The van der Waals surface area contributed by atoms with Crippen LogP contribution in [0.1, 0.15) is 34.6 Å². The van der Waals surface area contributed by atoms with E-state index in [0.29, 0.717) is 0 Å². The van der Waals surface area contributed by atoms with Gasteiger partial charge in [0.2, 0.25) is 0 Å². The summed E-state index contributed by atoms with van der Waals surface area (Å²) in [6.45, 7) is 9.56. The largest absolute Gasteiger partial charge is 0.491 e. The monoisotopic (exact) mass is 392 g/mol. The van der Waals surface area contributed by atoms with Crippen LogP contribution in [0.15, 0.2) is 54.6 Å². The number of aromatic nitrogens is 1. The van der Waals surface area contributed by atoms with Gasteiger partial charge in [-0.25, -0.2) is 9.78 Å². The fourth-order valence-electron chi connectivity index (χ4n) is 2.89. The molecule has 5 nitrogen and oxygen atoms in total.